The van der Waals surface area contributed by atoms with Crippen LogP contribution in [0, 0.1) is 0 Å². The zero-order chi connectivity index (χ0) is 25.8. The smallest absolute Gasteiger partial charge is 0.257 e. The lowest BCUT2D eigenvalue weighted by Crippen LogP contribution is -2.23. The number of nitrogens with zero attached hydrogens (tertiary/aromatic N) is 4. The quantitative estimate of drug-likeness (QED) is 0.393. The van der Waals surface area contributed by atoms with Crippen molar-refractivity contribution in [2.24, 2.45) is 0 Å². The first-order valence-corrected chi connectivity index (χ1v) is 12.1. The summed E-state index contributed by atoms with van der Waals surface area (Å²) in [5.41, 5.74) is 4.29. The molecule has 0 spiro atoms. The van der Waals surface area contributed by atoms with Crippen LogP contribution in [0.5, 0.6) is 0 Å². The molecule has 4 aromatic rings. The van der Waals surface area contributed by atoms with Gasteiger partial charge in [-0.05, 0) is 55.3 Å². The van der Waals surface area contributed by atoms with E-state index in [2.05, 4.69) is 20.6 Å². The molecule has 2 amide bonds. The number of amides is 2. The number of carbonyl (C=O) groups excluding carboxylic acids is 2. The summed E-state index contributed by atoms with van der Waals surface area (Å²) in [4.78, 5) is 46.9. The molecule has 1 aliphatic heterocycles. The highest BCUT2D eigenvalue weighted by Crippen LogP contribution is 2.27. The second-order valence-electron chi connectivity index (χ2n) is 8.71. The number of anilines is 4. The lowest BCUT2D eigenvalue weighted by molar-refractivity contribution is -0.117. The van der Waals surface area contributed by atoms with Gasteiger partial charge >= 0.3 is 0 Å². The van der Waals surface area contributed by atoms with E-state index in [1.165, 1.54) is 22.9 Å². The van der Waals surface area contributed by atoms with Crippen molar-refractivity contribution in [2.45, 2.75) is 26.3 Å². The first-order valence-electron chi connectivity index (χ1n) is 12.1. The SMILES string of the molecule is CCn1cc(C(=O)Nc2cncc(Nc3ccc(-c4ccc(N5CCCC5=O)cc4)cn3)c2)ccc1=O. The Balaban J connectivity index is 1.24. The van der Waals surface area contributed by atoms with Gasteiger partial charge in [-0.15, -0.1) is 0 Å². The number of aromatic nitrogens is 3. The third-order valence-electron chi connectivity index (χ3n) is 6.20. The van der Waals surface area contributed by atoms with Gasteiger partial charge < -0.3 is 20.1 Å². The Morgan fingerprint density at radius 3 is 2.43 bits per heavy atom. The first kappa shape index (κ1) is 23.9. The number of benzene rings is 1. The first-order chi connectivity index (χ1) is 18.0. The molecule has 0 saturated carbocycles. The molecule has 186 valence electrons. The predicted molar refractivity (Wildman–Crippen MR) is 143 cm³/mol. The summed E-state index contributed by atoms with van der Waals surface area (Å²) in [6.07, 6.45) is 8.02. The summed E-state index contributed by atoms with van der Waals surface area (Å²) in [5, 5.41) is 6.01. The lowest BCUT2D eigenvalue weighted by atomic mass is 10.1. The van der Waals surface area contributed by atoms with Crippen LogP contribution in [0.15, 0.2) is 84.2 Å². The number of hydrogen-bond donors (Lipinski definition) is 2. The molecule has 0 atom stereocenters. The highest BCUT2D eigenvalue weighted by molar-refractivity contribution is 6.04. The Kier molecular flexibility index (Phi) is 6.76. The van der Waals surface area contributed by atoms with Gasteiger partial charge in [0.25, 0.3) is 11.5 Å². The molecule has 2 N–H and O–H groups in total. The molecule has 0 unspecified atom stereocenters. The molecule has 0 bridgehead atoms. The summed E-state index contributed by atoms with van der Waals surface area (Å²) in [6.45, 7) is 3.10. The second-order valence-corrected chi connectivity index (χ2v) is 8.71. The molecule has 5 rings (SSSR count). The Hall–Kier alpha value is -4.79. The Morgan fingerprint density at radius 2 is 1.73 bits per heavy atom. The van der Waals surface area contributed by atoms with E-state index >= 15 is 0 Å². The molecular weight excluding hydrogens is 468 g/mol. The van der Waals surface area contributed by atoms with Gasteiger partial charge in [0.1, 0.15) is 5.82 Å². The van der Waals surface area contributed by atoms with Crippen molar-refractivity contribution in [1.29, 1.82) is 0 Å². The van der Waals surface area contributed by atoms with Gasteiger partial charge in [-0.2, -0.15) is 0 Å². The fraction of sp³-hybridized carbons (Fsp3) is 0.179. The average Bonchev–Trinajstić information content (AvgIpc) is 3.35. The van der Waals surface area contributed by atoms with Gasteiger partial charge in [0.05, 0.1) is 29.3 Å². The Bertz CT molecular complexity index is 1500. The molecule has 1 aromatic carbocycles. The Morgan fingerprint density at radius 1 is 0.946 bits per heavy atom. The fourth-order valence-corrected chi connectivity index (χ4v) is 4.23. The normalized spacial score (nSPS) is 13.0. The topological polar surface area (TPSA) is 109 Å². The summed E-state index contributed by atoms with van der Waals surface area (Å²) in [5.74, 6) is 0.470. The van der Waals surface area contributed by atoms with E-state index in [0.717, 1.165) is 29.8 Å². The van der Waals surface area contributed by atoms with Crippen molar-refractivity contribution >= 4 is 34.7 Å². The van der Waals surface area contributed by atoms with E-state index < -0.39 is 0 Å². The van der Waals surface area contributed by atoms with Crippen LogP contribution in [-0.4, -0.2) is 32.9 Å². The number of carbonyl (C=O) groups is 2. The Labute approximate surface area is 213 Å². The zero-order valence-corrected chi connectivity index (χ0v) is 20.3. The van der Waals surface area contributed by atoms with Gasteiger partial charge in [0, 0.05) is 49.2 Å². The zero-order valence-electron chi connectivity index (χ0n) is 20.3. The van der Waals surface area contributed by atoms with Gasteiger partial charge in [-0.1, -0.05) is 12.1 Å². The fourth-order valence-electron chi connectivity index (χ4n) is 4.23. The van der Waals surface area contributed by atoms with Crippen LogP contribution in [0.4, 0.5) is 22.9 Å². The second kappa shape index (κ2) is 10.4. The van der Waals surface area contributed by atoms with Crippen LogP contribution in [0.25, 0.3) is 11.1 Å². The molecule has 1 aliphatic rings. The molecule has 0 aliphatic carbocycles. The van der Waals surface area contributed by atoms with Crippen LogP contribution in [0.1, 0.15) is 30.1 Å². The molecule has 4 heterocycles. The van der Waals surface area contributed by atoms with E-state index in [1.807, 2.05) is 48.2 Å². The maximum atomic E-state index is 12.6. The number of nitrogens with one attached hydrogen (secondary N) is 2. The van der Waals surface area contributed by atoms with Crippen LogP contribution in [0.3, 0.4) is 0 Å². The monoisotopic (exact) mass is 494 g/mol. The van der Waals surface area contributed by atoms with E-state index in [1.54, 1.807) is 24.7 Å². The molecule has 1 saturated heterocycles. The van der Waals surface area contributed by atoms with Crippen molar-refractivity contribution in [3.05, 3.63) is 95.3 Å². The number of rotatable bonds is 7. The van der Waals surface area contributed by atoms with Crippen molar-refractivity contribution in [2.75, 3.05) is 22.1 Å². The maximum Gasteiger partial charge on any atom is 0.257 e. The minimum absolute atomic E-state index is 0.152. The van der Waals surface area contributed by atoms with E-state index in [-0.39, 0.29) is 17.4 Å². The van der Waals surface area contributed by atoms with Crippen molar-refractivity contribution in [3.8, 4) is 11.1 Å². The van der Waals surface area contributed by atoms with E-state index in [9.17, 15) is 14.4 Å². The molecule has 1 fully saturated rings. The van der Waals surface area contributed by atoms with E-state index in [0.29, 0.717) is 35.7 Å². The van der Waals surface area contributed by atoms with E-state index in [4.69, 9.17) is 0 Å². The van der Waals surface area contributed by atoms with Crippen LogP contribution in [0.2, 0.25) is 0 Å². The largest absolute Gasteiger partial charge is 0.339 e. The summed E-state index contributed by atoms with van der Waals surface area (Å²) >= 11 is 0. The standard InChI is InChI=1S/C28H26N6O3/c1-2-33-18-21(8-12-26(33)35)28(37)32-23-14-22(16-29-17-23)31-25-11-7-20(15-30-25)19-5-9-24(10-6-19)34-13-3-4-27(34)36/h5-12,14-18H,2-4,13H2,1H3,(H,30,31)(H,32,37). The molecule has 0 radical (unpaired) electrons. The third-order valence-corrected chi connectivity index (χ3v) is 6.20. The van der Waals surface area contributed by atoms with Crippen molar-refractivity contribution in [3.63, 3.8) is 0 Å². The van der Waals surface area contributed by atoms with Gasteiger partial charge in [0.2, 0.25) is 5.91 Å². The molecule has 3 aromatic heterocycles. The lowest BCUT2D eigenvalue weighted by Gasteiger charge is -2.16. The minimum atomic E-state index is -0.330. The average molecular weight is 495 g/mol. The van der Waals surface area contributed by atoms with Gasteiger partial charge in [-0.3, -0.25) is 19.4 Å². The minimum Gasteiger partial charge on any atom is -0.339 e. The molecule has 37 heavy (non-hydrogen) atoms. The summed E-state index contributed by atoms with van der Waals surface area (Å²) in [6, 6.07) is 16.4. The van der Waals surface area contributed by atoms with Crippen LogP contribution < -0.4 is 21.1 Å². The molecular formula is C28H26N6O3. The number of hydrogen-bond acceptors (Lipinski definition) is 6. The van der Waals surface area contributed by atoms with Crippen LogP contribution >= 0.6 is 0 Å². The third kappa shape index (κ3) is 5.40. The van der Waals surface area contributed by atoms with Crippen molar-refractivity contribution in [1.82, 2.24) is 14.5 Å². The van der Waals surface area contributed by atoms with Crippen LogP contribution in [-0.2, 0) is 11.3 Å². The highest BCUT2D eigenvalue weighted by atomic mass is 16.2. The predicted octanol–water partition coefficient (Wildman–Crippen LogP) is 4.45. The summed E-state index contributed by atoms with van der Waals surface area (Å²) < 4.78 is 1.48. The van der Waals surface area contributed by atoms with Gasteiger partial charge in [0.15, 0.2) is 0 Å². The number of aryl methyl sites for hydroxylation is 1. The molecule has 9 nitrogen and oxygen atoms in total. The highest BCUT2D eigenvalue weighted by Gasteiger charge is 2.21. The molecule has 9 heteroatoms. The number of pyridine rings is 3. The van der Waals surface area contributed by atoms with Crippen molar-refractivity contribution < 1.29 is 9.59 Å². The maximum absolute atomic E-state index is 12.6. The summed E-state index contributed by atoms with van der Waals surface area (Å²) in [7, 11) is 0. The van der Waals surface area contributed by atoms with Gasteiger partial charge in [-0.25, -0.2) is 4.98 Å².